The van der Waals surface area contributed by atoms with E-state index in [1.165, 1.54) is 47.9 Å². The molecule has 1 aliphatic heterocycles. The Labute approximate surface area is 168 Å². The summed E-state index contributed by atoms with van der Waals surface area (Å²) in [5, 5.41) is 7.35. The fourth-order valence-corrected chi connectivity index (χ4v) is 3.55. The van der Waals surface area contributed by atoms with Crippen LogP contribution in [0.25, 0.3) is 16.9 Å². The van der Waals surface area contributed by atoms with E-state index in [1.54, 1.807) is 24.3 Å². The highest BCUT2D eigenvalue weighted by atomic mass is 19.1. The second kappa shape index (κ2) is 8.53. The van der Waals surface area contributed by atoms with E-state index in [2.05, 4.69) is 15.3 Å². The molecule has 3 aromatic rings. The molecule has 1 fully saturated rings. The quantitative estimate of drug-likeness (QED) is 0.692. The van der Waals surface area contributed by atoms with Crippen LogP contribution in [-0.2, 0) is 0 Å². The van der Waals surface area contributed by atoms with Gasteiger partial charge in [0.25, 0.3) is 5.91 Å². The summed E-state index contributed by atoms with van der Waals surface area (Å²) < 4.78 is 29.0. The van der Waals surface area contributed by atoms with Gasteiger partial charge in [-0.25, -0.2) is 13.5 Å². The number of likely N-dealkylation sites (tertiary alicyclic amines) is 1. The van der Waals surface area contributed by atoms with Crippen molar-refractivity contribution in [1.29, 1.82) is 0 Å². The summed E-state index contributed by atoms with van der Waals surface area (Å²) in [6.45, 7) is 3.42. The minimum atomic E-state index is -0.419. The van der Waals surface area contributed by atoms with Crippen molar-refractivity contribution in [3.8, 4) is 16.9 Å². The highest BCUT2D eigenvalue weighted by Crippen LogP contribution is 2.24. The summed E-state index contributed by atoms with van der Waals surface area (Å²) >= 11 is 0. The summed E-state index contributed by atoms with van der Waals surface area (Å²) in [5.41, 5.74) is 1.45. The van der Waals surface area contributed by atoms with Crippen LogP contribution in [0.1, 0.15) is 23.3 Å². The van der Waals surface area contributed by atoms with Gasteiger partial charge in [0, 0.05) is 18.7 Å². The van der Waals surface area contributed by atoms with Crippen LogP contribution in [-0.4, -0.2) is 46.8 Å². The predicted octanol–water partition coefficient (Wildman–Crippen LogP) is 3.64. The van der Waals surface area contributed by atoms with E-state index in [1.807, 2.05) is 0 Å². The molecule has 0 unspecified atom stereocenters. The van der Waals surface area contributed by atoms with E-state index in [9.17, 15) is 13.6 Å². The van der Waals surface area contributed by atoms with Gasteiger partial charge in [-0.1, -0.05) is 12.1 Å². The summed E-state index contributed by atoms with van der Waals surface area (Å²) in [5.74, 6) is -1.10. The lowest BCUT2D eigenvalue weighted by molar-refractivity contribution is 0.0942. The van der Waals surface area contributed by atoms with Crippen LogP contribution in [0.15, 0.2) is 54.6 Å². The molecule has 5 nitrogen and oxygen atoms in total. The first kappa shape index (κ1) is 19.3. The number of rotatable bonds is 6. The Bertz CT molecular complexity index is 994. The average molecular weight is 396 g/mol. The van der Waals surface area contributed by atoms with E-state index in [-0.39, 0.29) is 17.4 Å². The van der Waals surface area contributed by atoms with Crippen LogP contribution in [0.3, 0.4) is 0 Å². The molecule has 1 saturated heterocycles. The molecule has 2 aromatic carbocycles. The van der Waals surface area contributed by atoms with Crippen molar-refractivity contribution < 1.29 is 13.6 Å². The van der Waals surface area contributed by atoms with Gasteiger partial charge < -0.3 is 10.2 Å². The van der Waals surface area contributed by atoms with Crippen LogP contribution in [0.4, 0.5) is 8.78 Å². The van der Waals surface area contributed by atoms with E-state index < -0.39 is 5.82 Å². The molecular formula is C22H22F2N4O. The zero-order chi connectivity index (χ0) is 20.2. The first-order valence-electron chi connectivity index (χ1n) is 9.73. The normalized spacial score (nSPS) is 14.3. The SMILES string of the molecule is O=C(NCCN1CCCC1)c1cc(-c2ccccc2F)nn1-c1ccc(F)cc1. The Morgan fingerprint density at radius 1 is 1.03 bits per heavy atom. The second-order valence-electron chi connectivity index (χ2n) is 7.09. The third-order valence-corrected chi connectivity index (χ3v) is 5.08. The minimum Gasteiger partial charge on any atom is -0.349 e. The van der Waals surface area contributed by atoms with E-state index in [0.29, 0.717) is 23.5 Å². The molecule has 1 N–H and O–H groups in total. The molecule has 150 valence electrons. The molecule has 0 bridgehead atoms. The minimum absolute atomic E-state index is 0.274. The topological polar surface area (TPSA) is 50.2 Å². The van der Waals surface area contributed by atoms with Crippen molar-refractivity contribution in [2.24, 2.45) is 0 Å². The molecule has 0 saturated carbocycles. The van der Waals surface area contributed by atoms with Crippen molar-refractivity contribution in [2.75, 3.05) is 26.2 Å². The van der Waals surface area contributed by atoms with Gasteiger partial charge in [-0.3, -0.25) is 4.79 Å². The van der Waals surface area contributed by atoms with Gasteiger partial charge >= 0.3 is 0 Å². The molecule has 0 spiro atoms. The zero-order valence-corrected chi connectivity index (χ0v) is 15.9. The first-order valence-corrected chi connectivity index (χ1v) is 9.73. The Morgan fingerprint density at radius 2 is 1.76 bits per heavy atom. The lowest BCUT2D eigenvalue weighted by Gasteiger charge is -2.15. The maximum absolute atomic E-state index is 14.2. The Morgan fingerprint density at radius 3 is 2.48 bits per heavy atom. The molecule has 1 amide bonds. The summed E-state index contributed by atoms with van der Waals surface area (Å²) in [6.07, 6.45) is 2.38. The molecule has 0 aliphatic carbocycles. The Kier molecular flexibility index (Phi) is 5.67. The predicted molar refractivity (Wildman–Crippen MR) is 107 cm³/mol. The molecule has 0 radical (unpaired) electrons. The number of hydrogen-bond donors (Lipinski definition) is 1. The van der Waals surface area contributed by atoms with Crippen molar-refractivity contribution in [3.05, 3.63) is 71.9 Å². The number of benzene rings is 2. The number of carbonyl (C=O) groups is 1. The van der Waals surface area contributed by atoms with Gasteiger partial charge in [0.2, 0.25) is 0 Å². The fraction of sp³-hybridized carbons (Fsp3) is 0.273. The van der Waals surface area contributed by atoms with Gasteiger partial charge in [-0.15, -0.1) is 0 Å². The zero-order valence-electron chi connectivity index (χ0n) is 15.9. The van der Waals surface area contributed by atoms with Gasteiger partial charge in [0.15, 0.2) is 0 Å². The number of amides is 1. The van der Waals surface area contributed by atoms with Crippen LogP contribution in [0.2, 0.25) is 0 Å². The smallest absolute Gasteiger partial charge is 0.270 e. The number of nitrogens with zero attached hydrogens (tertiary/aromatic N) is 3. The average Bonchev–Trinajstić information content (AvgIpc) is 3.39. The van der Waals surface area contributed by atoms with Gasteiger partial charge in [0.1, 0.15) is 17.3 Å². The van der Waals surface area contributed by atoms with Crippen LogP contribution in [0.5, 0.6) is 0 Å². The number of aromatic nitrogens is 2. The Balaban J connectivity index is 1.62. The summed E-state index contributed by atoms with van der Waals surface area (Å²) in [6, 6.07) is 13.5. The van der Waals surface area contributed by atoms with Gasteiger partial charge in [-0.2, -0.15) is 5.10 Å². The lowest BCUT2D eigenvalue weighted by Crippen LogP contribution is -2.34. The second-order valence-corrected chi connectivity index (χ2v) is 7.09. The standard InChI is InChI=1S/C22H22F2N4O/c23-16-7-9-17(10-8-16)28-21(22(29)25-11-14-27-12-3-4-13-27)15-20(26-28)18-5-1-2-6-19(18)24/h1-2,5-10,15H,3-4,11-14H2,(H,25,29). The maximum atomic E-state index is 14.2. The molecule has 4 rings (SSSR count). The van der Waals surface area contributed by atoms with Crippen molar-refractivity contribution in [3.63, 3.8) is 0 Å². The van der Waals surface area contributed by atoms with Crippen LogP contribution >= 0.6 is 0 Å². The monoisotopic (exact) mass is 396 g/mol. The van der Waals surface area contributed by atoms with Crippen molar-refractivity contribution in [2.45, 2.75) is 12.8 Å². The molecule has 1 aromatic heterocycles. The maximum Gasteiger partial charge on any atom is 0.270 e. The molecule has 1 aliphatic rings. The fourth-order valence-electron chi connectivity index (χ4n) is 3.55. The third kappa shape index (κ3) is 4.35. The third-order valence-electron chi connectivity index (χ3n) is 5.08. The summed E-state index contributed by atoms with van der Waals surface area (Å²) in [7, 11) is 0. The van der Waals surface area contributed by atoms with E-state index in [4.69, 9.17) is 0 Å². The number of nitrogens with one attached hydrogen (secondary N) is 1. The van der Waals surface area contributed by atoms with E-state index in [0.717, 1.165) is 19.6 Å². The first-order chi connectivity index (χ1) is 14.1. The summed E-state index contributed by atoms with van der Waals surface area (Å²) in [4.78, 5) is 15.2. The largest absolute Gasteiger partial charge is 0.349 e. The highest BCUT2D eigenvalue weighted by molar-refractivity contribution is 5.94. The van der Waals surface area contributed by atoms with Gasteiger partial charge in [-0.05, 0) is 68.4 Å². The molecule has 2 heterocycles. The molecule has 0 atom stereocenters. The number of carbonyl (C=O) groups excluding carboxylic acids is 1. The molecule has 7 heteroatoms. The number of hydrogen-bond acceptors (Lipinski definition) is 3. The highest BCUT2D eigenvalue weighted by Gasteiger charge is 2.19. The number of halogens is 2. The van der Waals surface area contributed by atoms with Gasteiger partial charge in [0.05, 0.1) is 11.4 Å². The molecule has 29 heavy (non-hydrogen) atoms. The Hall–Kier alpha value is -3.06. The molecular weight excluding hydrogens is 374 g/mol. The van der Waals surface area contributed by atoms with E-state index >= 15 is 0 Å². The lowest BCUT2D eigenvalue weighted by atomic mass is 10.1. The van der Waals surface area contributed by atoms with Crippen LogP contribution < -0.4 is 5.32 Å². The van der Waals surface area contributed by atoms with Crippen molar-refractivity contribution >= 4 is 5.91 Å². The van der Waals surface area contributed by atoms with Crippen molar-refractivity contribution in [1.82, 2.24) is 20.0 Å². The van der Waals surface area contributed by atoms with Crippen LogP contribution in [0, 0.1) is 11.6 Å².